The van der Waals surface area contributed by atoms with Crippen LogP contribution < -0.4 is 9.47 Å². The summed E-state index contributed by atoms with van der Waals surface area (Å²) in [7, 11) is 1.14. The molecule has 0 amide bonds. The average Bonchev–Trinajstić information content (AvgIpc) is 3.38. The third kappa shape index (κ3) is 7.36. The summed E-state index contributed by atoms with van der Waals surface area (Å²) in [5, 5.41) is 32.7. The fourth-order valence-electron chi connectivity index (χ4n) is 4.13. The maximum atomic E-state index is 13.9. The minimum atomic E-state index is -4.95. The molecule has 0 saturated carbocycles. The highest BCUT2D eigenvalue weighted by atomic mass is 35.5. The number of benzene rings is 3. The molecule has 0 aliphatic carbocycles. The van der Waals surface area contributed by atoms with Gasteiger partial charge >= 0.3 is 18.3 Å². The largest absolute Gasteiger partial charge is 0.488 e. The molecule has 0 saturated heterocycles. The summed E-state index contributed by atoms with van der Waals surface area (Å²) in [5.41, 5.74) is -6.28. The molecule has 16 heteroatoms. The summed E-state index contributed by atoms with van der Waals surface area (Å²) < 4.78 is 94.4. The zero-order chi connectivity index (χ0) is 33.3. The smallest absolute Gasteiger partial charge is 0.435 e. The lowest BCUT2D eigenvalue weighted by molar-refractivity contribution is -0.164. The number of carbonyl (C=O) groups excluding carboxylic acids is 1. The molecule has 0 aliphatic heterocycles. The van der Waals surface area contributed by atoms with Gasteiger partial charge in [0, 0.05) is 17.6 Å². The van der Waals surface area contributed by atoms with Gasteiger partial charge in [-0.15, -0.1) is 0 Å². The van der Waals surface area contributed by atoms with E-state index >= 15 is 0 Å². The number of carbonyl (C=O) groups is 1. The SMILES string of the molecule is Cn1nc(C(F)(F)F)cc1-c1ccc(OCc2ccc(Cl)cc2)c(-c2ccc(Cl)c(C(F)(F)F)c2)c1OC(=O)C(O)(CO)CO. The molecular weight excluding hydrogens is 657 g/mol. The first-order valence-corrected chi connectivity index (χ1v) is 13.4. The highest BCUT2D eigenvalue weighted by Crippen LogP contribution is 2.48. The zero-order valence-electron chi connectivity index (χ0n) is 22.9. The number of aliphatic hydroxyl groups is 3. The standard InChI is InChI=1S/C29H22Cl2F6N2O6/c1-39-21(11-23(38-39)29(35,36)37)18-7-9-22(44-12-15-2-5-17(30)6-3-15)24(25(18)45-26(42)27(43,13-40)14-41)16-4-8-20(31)19(10-16)28(32,33)34/h2-11,40-41,43H,12-14H2,1H3. The quantitative estimate of drug-likeness (QED) is 0.108. The van der Waals surface area contributed by atoms with E-state index in [9.17, 15) is 46.5 Å². The zero-order valence-corrected chi connectivity index (χ0v) is 24.4. The summed E-state index contributed by atoms with van der Waals surface area (Å²) in [5.74, 6) is -2.56. The molecular formula is C29H22Cl2F6N2O6. The Morgan fingerprint density at radius 2 is 1.56 bits per heavy atom. The van der Waals surface area contributed by atoms with Crippen molar-refractivity contribution in [1.29, 1.82) is 0 Å². The van der Waals surface area contributed by atoms with E-state index in [-0.39, 0.29) is 34.7 Å². The second-order valence-electron chi connectivity index (χ2n) is 9.70. The molecule has 45 heavy (non-hydrogen) atoms. The van der Waals surface area contributed by atoms with Crippen LogP contribution in [-0.2, 0) is 30.8 Å². The minimum absolute atomic E-state index is 0.197. The summed E-state index contributed by atoms with van der Waals surface area (Å²) in [6, 6.07) is 11.9. The van der Waals surface area contributed by atoms with Crippen LogP contribution in [-0.4, -0.2) is 49.9 Å². The number of aliphatic hydroxyl groups excluding tert-OH is 2. The van der Waals surface area contributed by atoms with E-state index in [1.54, 1.807) is 24.3 Å². The molecule has 0 aliphatic rings. The number of hydrogen-bond donors (Lipinski definition) is 3. The Bertz CT molecular complexity index is 1700. The van der Waals surface area contributed by atoms with Gasteiger partial charge in [-0.3, -0.25) is 4.68 Å². The molecule has 0 atom stereocenters. The molecule has 4 rings (SSSR count). The fraction of sp³-hybridized carbons (Fsp3) is 0.241. The first kappa shape index (κ1) is 34.1. The predicted octanol–water partition coefficient (Wildman–Crippen LogP) is 6.30. The molecule has 8 nitrogen and oxygen atoms in total. The maximum absolute atomic E-state index is 13.9. The highest BCUT2D eigenvalue weighted by molar-refractivity contribution is 6.31. The third-order valence-corrected chi connectivity index (χ3v) is 7.11. The molecule has 1 aromatic heterocycles. The molecule has 0 fully saturated rings. The number of halogens is 8. The predicted molar refractivity (Wildman–Crippen MR) is 150 cm³/mol. The highest BCUT2D eigenvalue weighted by Gasteiger charge is 2.40. The van der Waals surface area contributed by atoms with Crippen molar-refractivity contribution in [3.05, 3.63) is 87.5 Å². The third-order valence-electron chi connectivity index (χ3n) is 6.53. The Labute approximate surface area is 261 Å². The minimum Gasteiger partial charge on any atom is -0.488 e. The van der Waals surface area contributed by atoms with Crippen molar-refractivity contribution in [2.45, 2.75) is 24.6 Å². The van der Waals surface area contributed by atoms with E-state index in [2.05, 4.69) is 5.10 Å². The van der Waals surface area contributed by atoms with Crippen molar-refractivity contribution < 1.29 is 55.9 Å². The summed E-state index contributed by atoms with van der Waals surface area (Å²) >= 11 is 11.7. The van der Waals surface area contributed by atoms with Gasteiger partial charge in [-0.1, -0.05) is 41.4 Å². The lowest BCUT2D eigenvalue weighted by atomic mass is 9.96. The Kier molecular flexibility index (Phi) is 9.75. The normalized spacial score (nSPS) is 12.4. The van der Waals surface area contributed by atoms with Gasteiger partial charge < -0.3 is 24.8 Å². The lowest BCUT2D eigenvalue weighted by Gasteiger charge is -2.24. The molecule has 3 aromatic carbocycles. The van der Waals surface area contributed by atoms with E-state index in [0.717, 1.165) is 29.9 Å². The second-order valence-corrected chi connectivity index (χ2v) is 10.5. The van der Waals surface area contributed by atoms with Crippen LogP contribution in [0.1, 0.15) is 16.8 Å². The topological polar surface area (TPSA) is 114 Å². The molecule has 240 valence electrons. The van der Waals surface area contributed by atoms with E-state index in [4.69, 9.17) is 32.7 Å². The van der Waals surface area contributed by atoms with Crippen LogP contribution in [0.25, 0.3) is 22.4 Å². The molecule has 0 unspecified atom stereocenters. The van der Waals surface area contributed by atoms with Crippen molar-refractivity contribution in [3.8, 4) is 33.9 Å². The summed E-state index contributed by atoms with van der Waals surface area (Å²) in [4.78, 5) is 13.1. The summed E-state index contributed by atoms with van der Waals surface area (Å²) in [6.07, 6.45) is -9.85. The first-order valence-electron chi connectivity index (χ1n) is 12.7. The van der Waals surface area contributed by atoms with E-state index in [1.807, 2.05) is 0 Å². The lowest BCUT2D eigenvalue weighted by Crippen LogP contribution is -2.48. The Morgan fingerprint density at radius 1 is 0.911 bits per heavy atom. The molecule has 0 spiro atoms. The number of aryl methyl sites for hydroxylation is 1. The van der Waals surface area contributed by atoms with Crippen molar-refractivity contribution in [1.82, 2.24) is 9.78 Å². The number of rotatable bonds is 9. The van der Waals surface area contributed by atoms with E-state index in [1.165, 1.54) is 6.07 Å². The average molecular weight is 679 g/mol. The van der Waals surface area contributed by atoms with Crippen molar-refractivity contribution in [2.75, 3.05) is 13.2 Å². The molecule has 4 aromatic rings. The van der Waals surface area contributed by atoms with Crippen LogP contribution >= 0.6 is 23.2 Å². The van der Waals surface area contributed by atoms with Crippen LogP contribution in [0.3, 0.4) is 0 Å². The van der Waals surface area contributed by atoms with Crippen LogP contribution in [0.4, 0.5) is 26.3 Å². The summed E-state index contributed by atoms with van der Waals surface area (Å²) in [6.45, 7) is -2.89. The Morgan fingerprint density at radius 3 is 2.11 bits per heavy atom. The molecule has 1 heterocycles. The molecule has 0 radical (unpaired) electrons. The number of hydrogen-bond acceptors (Lipinski definition) is 7. The van der Waals surface area contributed by atoms with Crippen LogP contribution in [0, 0.1) is 0 Å². The van der Waals surface area contributed by atoms with Gasteiger partial charge in [0.1, 0.15) is 12.4 Å². The number of nitrogens with zero attached hydrogens (tertiary/aromatic N) is 2. The van der Waals surface area contributed by atoms with Crippen LogP contribution in [0.15, 0.2) is 60.7 Å². The molecule has 0 bridgehead atoms. The number of aromatic nitrogens is 2. The Hall–Kier alpha value is -3.82. The monoisotopic (exact) mass is 678 g/mol. The van der Waals surface area contributed by atoms with Crippen molar-refractivity contribution >= 4 is 29.2 Å². The van der Waals surface area contributed by atoms with Crippen LogP contribution in [0.2, 0.25) is 10.0 Å². The number of esters is 1. The van der Waals surface area contributed by atoms with E-state index < -0.39 is 59.2 Å². The van der Waals surface area contributed by atoms with Gasteiger partial charge in [-0.05, 0) is 53.6 Å². The van der Waals surface area contributed by atoms with Gasteiger partial charge in [-0.2, -0.15) is 31.4 Å². The van der Waals surface area contributed by atoms with Crippen molar-refractivity contribution in [3.63, 3.8) is 0 Å². The van der Waals surface area contributed by atoms with E-state index in [0.29, 0.717) is 22.7 Å². The van der Waals surface area contributed by atoms with Crippen molar-refractivity contribution in [2.24, 2.45) is 7.05 Å². The van der Waals surface area contributed by atoms with Gasteiger partial charge in [-0.25, -0.2) is 4.79 Å². The maximum Gasteiger partial charge on any atom is 0.435 e. The Balaban J connectivity index is 2.03. The number of ether oxygens (including phenoxy) is 2. The first-order chi connectivity index (χ1) is 21.0. The fourth-order valence-corrected chi connectivity index (χ4v) is 4.48. The van der Waals surface area contributed by atoms with Gasteiger partial charge in [0.25, 0.3) is 0 Å². The van der Waals surface area contributed by atoms with Crippen LogP contribution in [0.5, 0.6) is 11.5 Å². The molecule has 3 N–H and O–H groups in total. The number of alkyl halides is 6. The van der Waals surface area contributed by atoms with Gasteiger partial charge in [0.15, 0.2) is 11.4 Å². The van der Waals surface area contributed by atoms with Gasteiger partial charge in [0.05, 0.1) is 35.1 Å². The second kappa shape index (κ2) is 12.9. The van der Waals surface area contributed by atoms with Gasteiger partial charge in [0.2, 0.25) is 5.60 Å².